The number of aliphatic imine (C=N–C) groups is 1. The van der Waals surface area contributed by atoms with Crippen molar-refractivity contribution in [3.63, 3.8) is 0 Å². The number of nitrogens with one attached hydrogen (secondary N) is 2. The maximum absolute atomic E-state index is 5.80. The van der Waals surface area contributed by atoms with Crippen molar-refractivity contribution in [2.75, 3.05) is 64.7 Å². The minimum atomic E-state index is 0.271. The van der Waals surface area contributed by atoms with Gasteiger partial charge in [-0.05, 0) is 44.7 Å². The number of ether oxygens (including phenoxy) is 5. The SMILES string of the molecule is CCOCCCNC(=NCCCOCC1CCCO1)Nc1ccc2c(c1)OCCCO2. The highest BCUT2D eigenvalue weighted by atomic mass is 16.5. The van der Waals surface area contributed by atoms with Gasteiger partial charge in [0.2, 0.25) is 0 Å². The molecule has 174 valence electrons. The largest absolute Gasteiger partial charge is 0.490 e. The van der Waals surface area contributed by atoms with Crippen molar-refractivity contribution in [1.29, 1.82) is 0 Å². The summed E-state index contributed by atoms with van der Waals surface area (Å²) in [7, 11) is 0. The average Bonchev–Trinajstić information content (AvgIpc) is 3.19. The van der Waals surface area contributed by atoms with Crippen LogP contribution in [-0.4, -0.2) is 71.4 Å². The fraction of sp³-hybridized carbons (Fsp3) is 0.696. The number of fused-ring (bicyclic) bond motifs is 1. The molecule has 0 saturated carbocycles. The molecule has 8 heteroatoms. The van der Waals surface area contributed by atoms with Crippen molar-refractivity contribution >= 4 is 11.6 Å². The Labute approximate surface area is 185 Å². The second-order valence-corrected chi connectivity index (χ2v) is 7.61. The van der Waals surface area contributed by atoms with Gasteiger partial charge < -0.3 is 34.3 Å². The van der Waals surface area contributed by atoms with Crippen molar-refractivity contribution in [2.45, 2.75) is 45.1 Å². The third-order valence-electron chi connectivity index (χ3n) is 5.02. The lowest BCUT2D eigenvalue weighted by Crippen LogP contribution is -2.32. The lowest BCUT2D eigenvalue weighted by Gasteiger charge is -2.15. The first-order valence-corrected chi connectivity index (χ1v) is 11.6. The van der Waals surface area contributed by atoms with E-state index >= 15 is 0 Å². The Morgan fingerprint density at radius 3 is 2.77 bits per heavy atom. The number of anilines is 1. The van der Waals surface area contributed by atoms with E-state index in [1.807, 2.05) is 25.1 Å². The maximum atomic E-state index is 5.80. The highest BCUT2D eigenvalue weighted by Crippen LogP contribution is 2.32. The molecule has 1 aromatic carbocycles. The third-order valence-corrected chi connectivity index (χ3v) is 5.02. The van der Waals surface area contributed by atoms with Gasteiger partial charge in [-0.1, -0.05) is 0 Å². The van der Waals surface area contributed by atoms with Crippen molar-refractivity contribution in [3.05, 3.63) is 18.2 Å². The van der Waals surface area contributed by atoms with E-state index < -0.39 is 0 Å². The van der Waals surface area contributed by atoms with Gasteiger partial charge in [-0.3, -0.25) is 4.99 Å². The molecular formula is C23H37N3O5. The van der Waals surface area contributed by atoms with Crippen molar-refractivity contribution in [3.8, 4) is 11.5 Å². The van der Waals surface area contributed by atoms with Crippen molar-refractivity contribution in [1.82, 2.24) is 5.32 Å². The Morgan fingerprint density at radius 1 is 1.06 bits per heavy atom. The second kappa shape index (κ2) is 14.1. The van der Waals surface area contributed by atoms with E-state index in [2.05, 4.69) is 10.6 Å². The summed E-state index contributed by atoms with van der Waals surface area (Å²) in [5, 5.41) is 6.76. The van der Waals surface area contributed by atoms with E-state index in [0.717, 1.165) is 81.6 Å². The zero-order valence-electron chi connectivity index (χ0n) is 18.7. The van der Waals surface area contributed by atoms with E-state index in [1.54, 1.807) is 0 Å². The first-order valence-electron chi connectivity index (χ1n) is 11.6. The summed E-state index contributed by atoms with van der Waals surface area (Å²) < 4.78 is 28.2. The van der Waals surface area contributed by atoms with Gasteiger partial charge in [0.05, 0.1) is 25.9 Å². The molecule has 0 aromatic heterocycles. The summed E-state index contributed by atoms with van der Waals surface area (Å²) in [6.07, 6.45) is 5.18. The van der Waals surface area contributed by atoms with E-state index in [4.69, 9.17) is 28.7 Å². The molecule has 1 saturated heterocycles. The van der Waals surface area contributed by atoms with E-state index in [9.17, 15) is 0 Å². The Hall–Kier alpha value is -2.03. The summed E-state index contributed by atoms with van der Waals surface area (Å²) >= 11 is 0. The number of hydrogen-bond donors (Lipinski definition) is 2. The van der Waals surface area contributed by atoms with Gasteiger partial charge in [0.25, 0.3) is 0 Å². The first kappa shape index (κ1) is 23.6. The molecule has 2 aliphatic heterocycles. The minimum absolute atomic E-state index is 0.271. The molecule has 0 bridgehead atoms. The van der Waals surface area contributed by atoms with Gasteiger partial charge in [-0.25, -0.2) is 0 Å². The highest BCUT2D eigenvalue weighted by molar-refractivity contribution is 5.93. The fourth-order valence-electron chi connectivity index (χ4n) is 3.39. The van der Waals surface area contributed by atoms with Gasteiger partial charge in [0.1, 0.15) is 0 Å². The molecule has 1 unspecified atom stereocenters. The van der Waals surface area contributed by atoms with Crippen LogP contribution in [0.5, 0.6) is 11.5 Å². The number of rotatable bonds is 12. The Balaban J connectivity index is 1.47. The first-order chi connectivity index (χ1) is 15.3. The molecule has 31 heavy (non-hydrogen) atoms. The molecule has 1 aromatic rings. The molecule has 0 aliphatic carbocycles. The summed E-state index contributed by atoms with van der Waals surface area (Å²) in [5.41, 5.74) is 0.912. The fourth-order valence-corrected chi connectivity index (χ4v) is 3.39. The molecule has 1 atom stereocenters. The van der Waals surface area contributed by atoms with Crippen molar-refractivity contribution < 1.29 is 23.7 Å². The van der Waals surface area contributed by atoms with Crippen LogP contribution in [0.3, 0.4) is 0 Å². The van der Waals surface area contributed by atoms with Crippen LogP contribution in [-0.2, 0) is 14.2 Å². The second-order valence-electron chi connectivity index (χ2n) is 7.61. The Kier molecular flexibility index (Phi) is 10.8. The lowest BCUT2D eigenvalue weighted by atomic mass is 10.2. The van der Waals surface area contributed by atoms with E-state index in [-0.39, 0.29) is 6.10 Å². The molecule has 0 amide bonds. The standard InChI is InChI=1S/C23H37N3O5/c1-2-27-12-4-10-24-23(25-11-5-13-28-18-20-7-3-14-29-20)26-19-8-9-21-22(17-19)31-16-6-15-30-21/h8-9,17,20H,2-7,10-16,18H2,1H3,(H2,24,25,26). The summed E-state index contributed by atoms with van der Waals surface area (Å²) in [4.78, 5) is 4.71. The Bertz CT molecular complexity index is 665. The average molecular weight is 436 g/mol. The summed E-state index contributed by atoms with van der Waals surface area (Å²) in [6.45, 7) is 8.52. The number of nitrogens with zero attached hydrogens (tertiary/aromatic N) is 1. The molecule has 0 spiro atoms. The van der Waals surface area contributed by atoms with Gasteiger partial charge in [0, 0.05) is 57.7 Å². The van der Waals surface area contributed by atoms with Crippen LogP contribution in [0.4, 0.5) is 5.69 Å². The van der Waals surface area contributed by atoms with Crippen LogP contribution in [0.25, 0.3) is 0 Å². The van der Waals surface area contributed by atoms with Crippen LogP contribution in [0.1, 0.15) is 39.0 Å². The summed E-state index contributed by atoms with van der Waals surface area (Å²) in [6, 6.07) is 5.88. The minimum Gasteiger partial charge on any atom is -0.490 e. The molecule has 2 aliphatic rings. The van der Waals surface area contributed by atoms with Crippen LogP contribution >= 0.6 is 0 Å². The molecule has 3 rings (SSSR count). The number of guanidine groups is 1. The quantitative estimate of drug-likeness (QED) is 0.296. The molecule has 0 radical (unpaired) electrons. The van der Waals surface area contributed by atoms with Gasteiger partial charge in [0.15, 0.2) is 17.5 Å². The normalized spacial score (nSPS) is 18.6. The molecule has 2 heterocycles. The Morgan fingerprint density at radius 2 is 1.94 bits per heavy atom. The van der Waals surface area contributed by atoms with Crippen LogP contribution in [0.15, 0.2) is 23.2 Å². The maximum Gasteiger partial charge on any atom is 0.195 e. The van der Waals surface area contributed by atoms with Crippen LogP contribution < -0.4 is 20.1 Å². The number of hydrogen-bond acceptors (Lipinski definition) is 6. The zero-order valence-corrected chi connectivity index (χ0v) is 18.7. The predicted molar refractivity (Wildman–Crippen MR) is 121 cm³/mol. The zero-order chi connectivity index (χ0) is 21.6. The van der Waals surface area contributed by atoms with E-state index in [1.165, 1.54) is 0 Å². The molecule has 2 N–H and O–H groups in total. The van der Waals surface area contributed by atoms with Gasteiger partial charge in [-0.15, -0.1) is 0 Å². The molecule has 8 nitrogen and oxygen atoms in total. The predicted octanol–water partition coefficient (Wildman–Crippen LogP) is 3.22. The highest BCUT2D eigenvalue weighted by Gasteiger charge is 2.15. The number of benzene rings is 1. The van der Waals surface area contributed by atoms with Gasteiger partial charge >= 0.3 is 0 Å². The summed E-state index contributed by atoms with van der Waals surface area (Å²) in [5.74, 6) is 2.29. The monoisotopic (exact) mass is 435 g/mol. The van der Waals surface area contributed by atoms with Crippen molar-refractivity contribution in [2.24, 2.45) is 4.99 Å². The topological polar surface area (TPSA) is 82.6 Å². The molecular weight excluding hydrogens is 398 g/mol. The smallest absolute Gasteiger partial charge is 0.195 e. The van der Waals surface area contributed by atoms with Crippen LogP contribution in [0, 0.1) is 0 Å². The van der Waals surface area contributed by atoms with Crippen LogP contribution in [0.2, 0.25) is 0 Å². The molecule has 1 fully saturated rings. The van der Waals surface area contributed by atoms with E-state index in [0.29, 0.717) is 33.0 Å². The van der Waals surface area contributed by atoms with Gasteiger partial charge in [-0.2, -0.15) is 0 Å². The third kappa shape index (κ3) is 8.93. The lowest BCUT2D eigenvalue weighted by molar-refractivity contribution is 0.0171.